The molecule has 0 saturated carbocycles. The summed E-state index contributed by atoms with van der Waals surface area (Å²) >= 11 is 0. The van der Waals surface area contributed by atoms with E-state index in [2.05, 4.69) is 17.2 Å². The molecule has 0 unspecified atom stereocenters. The smallest absolute Gasteiger partial charge is 0.407 e. The molecule has 0 radical (unpaired) electrons. The lowest BCUT2D eigenvalue weighted by Gasteiger charge is -2.19. The lowest BCUT2D eigenvalue weighted by atomic mass is 10.1. The topological polar surface area (TPSA) is 55.4 Å². The number of benzene rings is 1. The summed E-state index contributed by atoms with van der Waals surface area (Å²) in [4.78, 5) is 22.5. The van der Waals surface area contributed by atoms with Crippen molar-refractivity contribution in [2.24, 2.45) is 0 Å². The summed E-state index contributed by atoms with van der Waals surface area (Å²) in [5.74, 6) is 6.15. The van der Waals surface area contributed by atoms with Crippen LogP contribution in [0.2, 0.25) is 0 Å². The predicted molar refractivity (Wildman–Crippen MR) is 86.6 cm³/mol. The molecule has 0 bridgehead atoms. The Kier molecular flexibility index (Phi) is 6.65. The summed E-state index contributed by atoms with van der Waals surface area (Å²) in [7, 11) is 0. The van der Waals surface area contributed by atoms with Crippen LogP contribution in [-0.4, -0.2) is 24.0 Å². The highest BCUT2D eigenvalue weighted by Crippen LogP contribution is 2.06. The van der Waals surface area contributed by atoms with E-state index in [1.165, 1.54) is 0 Å². The molecule has 1 aromatic carbocycles. The van der Waals surface area contributed by atoms with Crippen molar-refractivity contribution in [3.05, 3.63) is 35.4 Å². The fourth-order valence-electron chi connectivity index (χ4n) is 1.75. The summed E-state index contributed by atoms with van der Waals surface area (Å²) in [6.07, 6.45) is 0.532. The van der Waals surface area contributed by atoms with Crippen LogP contribution in [0.1, 0.15) is 45.2 Å². The predicted octanol–water partition coefficient (Wildman–Crippen LogP) is 3.08. The number of ketones is 1. The Morgan fingerprint density at radius 1 is 1.27 bits per heavy atom. The van der Waals surface area contributed by atoms with Gasteiger partial charge in [0.1, 0.15) is 11.4 Å². The summed E-state index contributed by atoms with van der Waals surface area (Å²) in [5.41, 5.74) is 1.34. The van der Waals surface area contributed by atoms with Crippen molar-refractivity contribution < 1.29 is 14.3 Å². The van der Waals surface area contributed by atoms with Crippen LogP contribution in [0, 0.1) is 11.8 Å². The van der Waals surface area contributed by atoms with E-state index in [0.717, 1.165) is 11.1 Å². The lowest BCUT2D eigenvalue weighted by Crippen LogP contribution is -2.32. The number of carbonyl (C=O) groups is 2. The Bertz CT molecular complexity index is 588. The van der Waals surface area contributed by atoms with Crippen LogP contribution >= 0.6 is 0 Å². The molecule has 1 aromatic rings. The molecule has 22 heavy (non-hydrogen) atoms. The molecule has 1 N–H and O–H groups in total. The average molecular weight is 301 g/mol. The molecule has 4 heteroatoms. The van der Waals surface area contributed by atoms with Crippen molar-refractivity contribution >= 4 is 11.9 Å². The molecule has 1 amide bonds. The molecule has 0 fully saturated rings. The first kappa shape index (κ1) is 17.8. The Labute approximate surface area is 132 Å². The number of amides is 1. The fraction of sp³-hybridized carbons (Fsp3) is 0.444. The third-order valence-corrected chi connectivity index (χ3v) is 2.53. The number of hydrogen-bond acceptors (Lipinski definition) is 3. The van der Waals surface area contributed by atoms with E-state index in [9.17, 15) is 9.59 Å². The van der Waals surface area contributed by atoms with Gasteiger partial charge < -0.3 is 10.1 Å². The second kappa shape index (κ2) is 8.23. The van der Waals surface area contributed by atoms with Crippen LogP contribution in [0.15, 0.2) is 24.3 Å². The fourth-order valence-corrected chi connectivity index (χ4v) is 1.75. The maximum Gasteiger partial charge on any atom is 0.407 e. The van der Waals surface area contributed by atoms with Crippen molar-refractivity contribution in [1.82, 2.24) is 5.32 Å². The molecule has 0 aromatic heterocycles. The van der Waals surface area contributed by atoms with Gasteiger partial charge >= 0.3 is 6.09 Å². The van der Waals surface area contributed by atoms with E-state index in [1.54, 1.807) is 6.92 Å². The highest BCUT2D eigenvalue weighted by molar-refractivity contribution is 5.78. The van der Waals surface area contributed by atoms with Crippen LogP contribution < -0.4 is 5.32 Å². The molecule has 0 atom stereocenters. The largest absolute Gasteiger partial charge is 0.444 e. The number of Topliss-reactive ketones (excluding diaryl/α,β-unsaturated/α-hetero) is 1. The van der Waals surface area contributed by atoms with Gasteiger partial charge in [0.2, 0.25) is 0 Å². The maximum absolute atomic E-state index is 11.4. The van der Waals surface area contributed by atoms with Gasteiger partial charge in [-0.3, -0.25) is 4.79 Å². The molecule has 0 aliphatic carbocycles. The minimum atomic E-state index is -0.493. The third kappa shape index (κ3) is 8.11. The molecule has 0 spiro atoms. The number of alkyl carbamates (subject to hydrolysis) is 1. The summed E-state index contributed by atoms with van der Waals surface area (Å²) in [6.45, 7) is 7.47. The molecular weight excluding hydrogens is 278 g/mol. The number of rotatable bonds is 4. The third-order valence-electron chi connectivity index (χ3n) is 2.53. The van der Waals surface area contributed by atoms with Crippen molar-refractivity contribution in [1.29, 1.82) is 0 Å². The van der Waals surface area contributed by atoms with Crippen molar-refractivity contribution in [2.75, 3.05) is 6.54 Å². The number of ether oxygens (including phenoxy) is 1. The zero-order chi connectivity index (χ0) is 16.6. The zero-order valence-electron chi connectivity index (χ0n) is 13.7. The van der Waals surface area contributed by atoms with Gasteiger partial charge in [-0.05, 0) is 45.4 Å². The van der Waals surface area contributed by atoms with Crippen LogP contribution in [0.3, 0.4) is 0 Å². The van der Waals surface area contributed by atoms with Gasteiger partial charge in [0, 0.05) is 24.9 Å². The lowest BCUT2D eigenvalue weighted by molar-refractivity contribution is -0.116. The van der Waals surface area contributed by atoms with Crippen LogP contribution in [0.4, 0.5) is 4.79 Å². The first-order valence-electron chi connectivity index (χ1n) is 7.30. The Morgan fingerprint density at radius 3 is 2.64 bits per heavy atom. The van der Waals surface area contributed by atoms with Gasteiger partial charge in [-0.15, -0.1) is 0 Å². The molecule has 4 nitrogen and oxygen atoms in total. The number of hydrogen-bond donors (Lipinski definition) is 1. The van der Waals surface area contributed by atoms with Gasteiger partial charge in [0.05, 0.1) is 0 Å². The molecule has 0 aliphatic rings. The number of nitrogens with one attached hydrogen (secondary N) is 1. The maximum atomic E-state index is 11.4. The quantitative estimate of drug-likeness (QED) is 0.687. The Hall–Kier alpha value is -2.28. The minimum Gasteiger partial charge on any atom is -0.444 e. The summed E-state index contributed by atoms with van der Waals surface area (Å²) in [5, 5.41) is 2.65. The van der Waals surface area contributed by atoms with Gasteiger partial charge in [0.15, 0.2) is 0 Å². The molecule has 0 saturated heterocycles. The molecule has 118 valence electrons. The van der Waals surface area contributed by atoms with E-state index in [0.29, 0.717) is 19.4 Å². The van der Waals surface area contributed by atoms with E-state index >= 15 is 0 Å². The molecule has 0 heterocycles. The van der Waals surface area contributed by atoms with Gasteiger partial charge in [-0.2, -0.15) is 0 Å². The first-order valence-corrected chi connectivity index (χ1v) is 7.30. The first-order chi connectivity index (χ1) is 10.3. The van der Waals surface area contributed by atoms with E-state index in [4.69, 9.17) is 4.74 Å². The number of carbonyl (C=O) groups excluding carboxylic acids is 2. The van der Waals surface area contributed by atoms with Crippen molar-refractivity contribution in [3.63, 3.8) is 0 Å². The zero-order valence-corrected chi connectivity index (χ0v) is 13.7. The normalized spacial score (nSPS) is 10.4. The van der Waals surface area contributed by atoms with E-state index in [-0.39, 0.29) is 5.78 Å². The second-order valence-corrected chi connectivity index (χ2v) is 6.06. The van der Waals surface area contributed by atoms with Crippen LogP contribution in [-0.2, 0) is 16.0 Å². The van der Waals surface area contributed by atoms with E-state index < -0.39 is 11.7 Å². The minimum absolute atomic E-state index is 0.131. The summed E-state index contributed by atoms with van der Waals surface area (Å²) in [6, 6.07) is 7.62. The van der Waals surface area contributed by atoms with Crippen LogP contribution in [0.5, 0.6) is 0 Å². The Morgan fingerprint density at radius 2 is 2.00 bits per heavy atom. The average Bonchev–Trinajstić information content (AvgIpc) is 2.35. The summed E-state index contributed by atoms with van der Waals surface area (Å²) < 4.78 is 5.13. The van der Waals surface area contributed by atoms with Gasteiger partial charge in [0.25, 0.3) is 0 Å². The van der Waals surface area contributed by atoms with Crippen molar-refractivity contribution in [2.45, 2.75) is 46.1 Å². The molecule has 1 rings (SSSR count). The second-order valence-electron chi connectivity index (χ2n) is 6.06. The molecule has 0 aliphatic heterocycles. The standard InChI is InChI=1S/C18H23NO3/c1-14(20)12-16-10-7-9-15(13-16)8-5-6-11-19-17(21)22-18(2,3)4/h7,9-10,13H,6,11-12H2,1-4H3,(H,19,21). The highest BCUT2D eigenvalue weighted by Gasteiger charge is 2.15. The monoisotopic (exact) mass is 301 g/mol. The van der Waals surface area contributed by atoms with Crippen molar-refractivity contribution in [3.8, 4) is 11.8 Å². The van der Waals surface area contributed by atoms with Gasteiger partial charge in [-0.1, -0.05) is 24.0 Å². The highest BCUT2D eigenvalue weighted by atomic mass is 16.6. The van der Waals surface area contributed by atoms with E-state index in [1.807, 2.05) is 45.0 Å². The SMILES string of the molecule is CC(=O)Cc1cccc(C#CCCNC(=O)OC(C)(C)C)c1. The van der Waals surface area contributed by atoms with Gasteiger partial charge in [-0.25, -0.2) is 4.79 Å². The van der Waals surface area contributed by atoms with Crippen LogP contribution in [0.25, 0.3) is 0 Å². The Balaban J connectivity index is 2.41. The molecular formula is C18H23NO3.